The van der Waals surface area contributed by atoms with Crippen LogP contribution in [0.5, 0.6) is 0 Å². The van der Waals surface area contributed by atoms with Crippen LogP contribution in [0, 0.1) is 0 Å². The topological polar surface area (TPSA) is 101 Å². The lowest BCUT2D eigenvalue weighted by Crippen LogP contribution is -2.47. The van der Waals surface area contributed by atoms with Gasteiger partial charge in [0.05, 0.1) is 6.54 Å². The molecule has 6 nitrogen and oxygen atoms in total. The molecule has 0 heterocycles. The zero-order valence-corrected chi connectivity index (χ0v) is 9.82. The van der Waals surface area contributed by atoms with Crippen molar-refractivity contribution in [3.8, 4) is 0 Å². The number of nitrogens with one attached hydrogen (secondary N) is 2. The summed E-state index contributed by atoms with van der Waals surface area (Å²) in [6.07, 6.45) is 2.32. The second-order valence-corrected chi connectivity index (χ2v) is 5.08. The number of primary amides is 1. The van der Waals surface area contributed by atoms with E-state index in [1.165, 1.54) is 21.6 Å². The molecule has 0 aromatic heterocycles. The van der Waals surface area contributed by atoms with Gasteiger partial charge in [0.15, 0.2) is 0 Å². The largest absolute Gasteiger partial charge is 0.368 e. The Balaban J connectivity index is 4.02. The van der Waals surface area contributed by atoms with Crippen molar-refractivity contribution in [3.63, 3.8) is 0 Å². The van der Waals surface area contributed by atoms with E-state index in [1.807, 2.05) is 6.26 Å². The molecule has 0 aliphatic heterocycles. The van der Waals surface area contributed by atoms with E-state index in [0.29, 0.717) is 12.2 Å². The minimum Gasteiger partial charge on any atom is -0.368 e. The Bertz CT molecular complexity index is 238. The van der Waals surface area contributed by atoms with Crippen LogP contribution in [0.15, 0.2) is 0 Å². The van der Waals surface area contributed by atoms with E-state index in [9.17, 15) is 14.4 Å². The zero-order valence-electron chi connectivity index (χ0n) is 8.19. The van der Waals surface area contributed by atoms with Crippen LogP contribution >= 0.6 is 21.6 Å². The van der Waals surface area contributed by atoms with Crippen molar-refractivity contribution in [1.82, 2.24) is 10.6 Å². The Kier molecular flexibility index (Phi) is 7.92. The first-order valence-electron chi connectivity index (χ1n) is 4.03. The van der Waals surface area contributed by atoms with Crippen LogP contribution in [-0.2, 0) is 14.4 Å². The molecule has 0 aromatic rings. The summed E-state index contributed by atoms with van der Waals surface area (Å²) in [5.74, 6) is -0.599. The highest BCUT2D eigenvalue weighted by atomic mass is 33.1. The third kappa shape index (κ3) is 7.09. The van der Waals surface area contributed by atoms with Gasteiger partial charge in [0.25, 0.3) is 0 Å². The van der Waals surface area contributed by atoms with Crippen molar-refractivity contribution in [2.75, 3.05) is 18.6 Å². The molecular formula is C7H13N3O3S2. The second-order valence-electron chi connectivity index (χ2n) is 2.47. The van der Waals surface area contributed by atoms with Gasteiger partial charge in [-0.1, -0.05) is 21.6 Å². The van der Waals surface area contributed by atoms with Crippen molar-refractivity contribution in [2.45, 2.75) is 6.04 Å². The summed E-state index contributed by atoms with van der Waals surface area (Å²) in [5.41, 5.74) is 4.86. The van der Waals surface area contributed by atoms with E-state index in [0.717, 1.165) is 0 Å². The summed E-state index contributed by atoms with van der Waals surface area (Å²) < 4.78 is 0. The maximum atomic E-state index is 11.4. The van der Waals surface area contributed by atoms with Crippen LogP contribution in [0.25, 0.3) is 0 Å². The molecule has 15 heavy (non-hydrogen) atoms. The molecule has 0 aromatic carbocycles. The number of carbonyl (C=O) groups is 3. The van der Waals surface area contributed by atoms with Gasteiger partial charge in [-0.2, -0.15) is 0 Å². The van der Waals surface area contributed by atoms with E-state index >= 15 is 0 Å². The predicted molar refractivity (Wildman–Crippen MR) is 61.2 cm³/mol. The molecule has 8 heteroatoms. The van der Waals surface area contributed by atoms with Gasteiger partial charge in [0.1, 0.15) is 6.04 Å². The number of carbonyl (C=O) groups excluding carboxylic acids is 3. The quantitative estimate of drug-likeness (QED) is 0.368. The Hall–Kier alpha value is -0.890. The monoisotopic (exact) mass is 251 g/mol. The van der Waals surface area contributed by atoms with Crippen LogP contribution < -0.4 is 16.4 Å². The fourth-order valence-corrected chi connectivity index (χ4v) is 2.05. The minimum absolute atomic E-state index is 0.222. The Morgan fingerprint density at radius 1 is 1.53 bits per heavy atom. The maximum absolute atomic E-state index is 11.4. The Morgan fingerprint density at radius 2 is 2.20 bits per heavy atom. The highest BCUT2D eigenvalue weighted by Crippen LogP contribution is 2.17. The second kappa shape index (κ2) is 8.42. The van der Waals surface area contributed by atoms with Crippen LogP contribution in [0.4, 0.5) is 0 Å². The molecule has 0 rings (SSSR count). The van der Waals surface area contributed by atoms with Gasteiger partial charge in [0.2, 0.25) is 18.2 Å². The molecule has 0 fully saturated rings. The van der Waals surface area contributed by atoms with E-state index in [2.05, 4.69) is 10.6 Å². The maximum Gasteiger partial charge on any atom is 0.243 e. The first kappa shape index (κ1) is 14.1. The fraction of sp³-hybridized carbons (Fsp3) is 0.571. The molecule has 0 saturated heterocycles. The van der Waals surface area contributed by atoms with Crippen LogP contribution in [-0.4, -0.2) is 42.8 Å². The van der Waals surface area contributed by atoms with Gasteiger partial charge in [0, 0.05) is 5.75 Å². The normalized spacial score (nSPS) is 11.5. The summed E-state index contributed by atoms with van der Waals surface area (Å²) >= 11 is 0. The minimum atomic E-state index is -0.640. The van der Waals surface area contributed by atoms with Gasteiger partial charge < -0.3 is 16.4 Å². The molecule has 3 amide bonds. The van der Waals surface area contributed by atoms with Gasteiger partial charge in [-0.25, -0.2) is 0 Å². The third-order valence-corrected chi connectivity index (χ3v) is 3.20. The first-order valence-corrected chi connectivity index (χ1v) is 6.75. The number of rotatable bonds is 8. The molecule has 0 radical (unpaired) electrons. The van der Waals surface area contributed by atoms with Gasteiger partial charge in [-0.3, -0.25) is 14.4 Å². The van der Waals surface area contributed by atoms with Gasteiger partial charge >= 0.3 is 0 Å². The smallest absolute Gasteiger partial charge is 0.243 e. The van der Waals surface area contributed by atoms with Gasteiger partial charge in [-0.05, 0) is 6.26 Å². The van der Waals surface area contributed by atoms with E-state index in [1.54, 1.807) is 0 Å². The molecule has 0 spiro atoms. The predicted octanol–water partition coefficient (Wildman–Crippen LogP) is -1.29. The molecule has 86 valence electrons. The van der Waals surface area contributed by atoms with Crippen LogP contribution in [0.1, 0.15) is 0 Å². The lowest BCUT2D eigenvalue weighted by molar-refractivity contribution is -0.127. The molecule has 0 saturated carbocycles. The van der Waals surface area contributed by atoms with Crippen LogP contribution in [0.3, 0.4) is 0 Å². The Labute approximate surface area is 95.5 Å². The first-order chi connectivity index (χ1) is 7.11. The standard InChI is InChI=1S/C7H13N3O3S2/c1-14-15-3-5(10-4-11)7(13)9-2-6(8)12/h4-5H,2-3H2,1H3,(H2,8,12)(H,9,13)(H,10,11)/t5-/m1/s1. The SMILES string of the molecule is CSSC[C@@H](NC=O)C(=O)NCC(N)=O. The number of nitrogens with two attached hydrogens (primary N) is 1. The van der Waals surface area contributed by atoms with E-state index in [4.69, 9.17) is 5.73 Å². The average Bonchev–Trinajstić information content (AvgIpc) is 2.20. The van der Waals surface area contributed by atoms with Crippen molar-refractivity contribution < 1.29 is 14.4 Å². The molecular weight excluding hydrogens is 238 g/mol. The van der Waals surface area contributed by atoms with Gasteiger partial charge in [-0.15, -0.1) is 0 Å². The molecule has 4 N–H and O–H groups in total. The highest BCUT2D eigenvalue weighted by Gasteiger charge is 2.17. The summed E-state index contributed by atoms with van der Waals surface area (Å²) in [5, 5.41) is 4.68. The highest BCUT2D eigenvalue weighted by molar-refractivity contribution is 8.76. The zero-order chi connectivity index (χ0) is 11.7. The molecule has 0 aliphatic carbocycles. The number of amides is 3. The number of hydrogen-bond acceptors (Lipinski definition) is 5. The fourth-order valence-electron chi connectivity index (χ4n) is 0.715. The van der Waals surface area contributed by atoms with Crippen molar-refractivity contribution in [1.29, 1.82) is 0 Å². The van der Waals surface area contributed by atoms with Crippen LogP contribution in [0.2, 0.25) is 0 Å². The average molecular weight is 251 g/mol. The van der Waals surface area contributed by atoms with Crippen molar-refractivity contribution in [2.24, 2.45) is 5.73 Å². The molecule has 1 atom stereocenters. The third-order valence-electron chi connectivity index (χ3n) is 1.38. The summed E-state index contributed by atoms with van der Waals surface area (Å²) in [4.78, 5) is 32.0. The lowest BCUT2D eigenvalue weighted by Gasteiger charge is -2.13. The van der Waals surface area contributed by atoms with E-state index < -0.39 is 17.9 Å². The lowest BCUT2D eigenvalue weighted by atomic mass is 10.3. The molecule has 0 aliphatic rings. The molecule has 0 unspecified atom stereocenters. The number of hydrogen-bond donors (Lipinski definition) is 3. The summed E-state index contributed by atoms with van der Waals surface area (Å²) in [7, 11) is 2.92. The Morgan fingerprint density at radius 3 is 2.67 bits per heavy atom. The molecule has 0 bridgehead atoms. The van der Waals surface area contributed by atoms with Crippen molar-refractivity contribution >= 4 is 39.8 Å². The van der Waals surface area contributed by atoms with Crippen molar-refractivity contribution in [3.05, 3.63) is 0 Å². The summed E-state index contributed by atoms with van der Waals surface area (Å²) in [6.45, 7) is -0.222. The summed E-state index contributed by atoms with van der Waals surface area (Å²) in [6, 6.07) is -0.640. The van der Waals surface area contributed by atoms with E-state index in [-0.39, 0.29) is 6.54 Å².